The standard InChI is InChI=1S/C10H20/c1-5-10(4)8-6-7-9(2)3/h7,10H,5-6,8H2,1-4H3. The average molecular weight is 140 g/mol. The predicted octanol–water partition coefficient (Wildman–Crippen LogP) is 3.78. The smallest absolute Gasteiger partial charge is 0.0346 e. The molecule has 60 valence electrons. The van der Waals surface area contributed by atoms with Gasteiger partial charge in [-0.25, -0.2) is 0 Å². The highest BCUT2D eigenvalue weighted by atomic mass is 14.0. The lowest BCUT2D eigenvalue weighted by molar-refractivity contribution is 0.521. The molecule has 0 N–H and O–H groups in total. The van der Waals surface area contributed by atoms with Crippen LogP contribution in [0, 0.1) is 5.92 Å². The molecule has 0 aromatic carbocycles. The third-order valence-electron chi connectivity index (χ3n) is 1.91. The first-order valence-corrected chi connectivity index (χ1v) is 4.30. The second kappa shape index (κ2) is 5.52. The average Bonchev–Trinajstić information content (AvgIpc) is 1.87. The van der Waals surface area contributed by atoms with Crippen LogP contribution in [0.2, 0.25) is 0 Å². The molecule has 0 amide bonds. The molecule has 0 aliphatic carbocycles. The zero-order valence-electron chi connectivity index (χ0n) is 7.78. The molecule has 0 rings (SSSR count). The van der Waals surface area contributed by atoms with Gasteiger partial charge in [-0.15, -0.1) is 0 Å². The first-order chi connectivity index (χ1) is 4.66. The summed E-state index contributed by atoms with van der Waals surface area (Å²) >= 11 is 0. The fourth-order valence-corrected chi connectivity index (χ4v) is 0.861. The molecule has 0 spiro atoms. The van der Waals surface area contributed by atoms with E-state index in [0.29, 0.717) is 0 Å². The van der Waals surface area contributed by atoms with Crippen molar-refractivity contribution in [3.05, 3.63) is 11.6 Å². The summed E-state index contributed by atoms with van der Waals surface area (Å²) < 4.78 is 0. The van der Waals surface area contributed by atoms with Crippen LogP contribution in [-0.2, 0) is 0 Å². The highest BCUT2D eigenvalue weighted by Crippen LogP contribution is 2.10. The Morgan fingerprint density at radius 3 is 2.40 bits per heavy atom. The van der Waals surface area contributed by atoms with Gasteiger partial charge in [-0.3, -0.25) is 0 Å². The van der Waals surface area contributed by atoms with E-state index in [-0.39, 0.29) is 0 Å². The molecule has 0 nitrogen and oxygen atoms in total. The molecule has 0 heteroatoms. The van der Waals surface area contributed by atoms with E-state index in [1.165, 1.54) is 24.8 Å². The zero-order chi connectivity index (χ0) is 7.98. The highest BCUT2D eigenvalue weighted by Gasteiger charge is 1.94. The van der Waals surface area contributed by atoms with Crippen LogP contribution in [0.4, 0.5) is 0 Å². The molecule has 0 saturated heterocycles. The van der Waals surface area contributed by atoms with Crippen molar-refractivity contribution >= 4 is 0 Å². The predicted molar refractivity (Wildman–Crippen MR) is 48.1 cm³/mol. The molecule has 0 fully saturated rings. The Labute approximate surface area is 65.3 Å². The molecule has 1 unspecified atom stereocenters. The SMILES string of the molecule is CCC(C)CCC=C(C)C. The summed E-state index contributed by atoms with van der Waals surface area (Å²) in [5.74, 6) is 0.899. The summed E-state index contributed by atoms with van der Waals surface area (Å²) in [6.07, 6.45) is 6.25. The van der Waals surface area contributed by atoms with Gasteiger partial charge in [-0.2, -0.15) is 0 Å². The molecule has 10 heavy (non-hydrogen) atoms. The number of rotatable bonds is 4. The highest BCUT2D eigenvalue weighted by molar-refractivity contribution is 4.92. The van der Waals surface area contributed by atoms with Crippen molar-refractivity contribution in [1.82, 2.24) is 0 Å². The summed E-state index contributed by atoms with van der Waals surface area (Å²) in [5, 5.41) is 0. The maximum Gasteiger partial charge on any atom is -0.0346 e. The van der Waals surface area contributed by atoms with Crippen LogP contribution in [-0.4, -0.2) is 0 Å². The van der Waals surface area contributed by atoms with Crippen molar-refractivity contribution in [3.8, 4) is 0 Å². The van der Waals surface area contributed by atoms with E-state index in [1.807, 2.05) is 0 Å². The van der Waals surface area contributed by atoms with E-state index in [4.69, 9.17) is 0 Å². The summed E-state index contributed by atoms with van der Waals surface area (Å²) in [5.41, 5.74) is 1.45. The van der Waals surface area contributed by atoms with Gasteiger partial charge in [0, 0.05) is 0 Å². The van der Waals surface area contributed by atoms with Crippen molar-refractivity contribution in [1.29, 1.82) is 0 Å². The lowest BCUT2D eigenvalue weighted by Gasteiger charge is -2.04. The summed E-state index contributed by atoms with van der Waals surface area (Å²) in [4.78, 5) is 0. The maximum absolute atomic E-state index is 2.33. The minimum atomic E-state index is 0.899. The van der Waals surface area contributed by atoms with Gasteiger partial charge < -0.3 is 0 Å². The fourth-order valence-electron chi connectivity index (χ4n) is 0.861. The molecule has 0 heterocycles. The summed E-state index contributed by atoms with van der Waals surface area (Å²) in [6.45, 7) is 8.90. The van der Waals surface area contributed by atoms with Gasteiger partial charge in [0.1, 0.15) is 0 Å². The van der Waals surface area contributed by atoms with E-state index in [2.05, 4.69) is 33.8 Å². The Balaban J connectivity index is 3.28. The van der Waals surface area contributed by atoms with Crippen LogP contribution >= 0.6 is 0 Å². The van der Waals surface area contributed by atoms with E-state index >= 15 is 0 Å². The number of hydrogen-bond acceptors (Lipinski definition) is 0. The van der Waals surface area contributed by atoms with E-state index in [1.54, 1.807) is 0 Å². The Bertz CT molecular complexity index is 96.6. The molecule has 0 radical (unpaired) electrons. The van der Waals surface area contributed by atoms with Gasteiger partial charge in [0.05, 0.1) is 0 Å². The Morgan fingerprint density at radius 1 is 1.40 bits per heavy atom. The second-order valence-electron chi connectivity index (χ2n) is 3.37. The van der Waals surface area contributed by atoms with Gasteiger partial charge in [0.2, 0.25) is 0 Å². The molecular formula is C10H20. The first-order valence-electron chi connectivity index (χ1n) is 4.30. The third-order valence-corrected chi connectivity index (χ3v) is 1.91. The monoisotopic (exact) mass is 140 g/mol. The zero-order valence-corrected chi connectivity index (χ0v) is 7.78. The Morgan fingerprint density at radius 2 is 2.00 bits per heavy atom. The lowest BCUT2D eigenvalue weighted by atomic mass is 10.0. The fraction of sp³-hybridized carbons (Fsp3) is 0.800. The topological polar surface area (TPSA) is 0 Å². The molecular weight excluding hydrogens is 120 g/mol. The summed E-state index contributed by atoms with van der Waals surface area (Å²) in [7, 11) is 0. The molecule has 0 aromatic heterocycles. The van der Waals surface area contributed by atoms with E-state index in [0.717, 1.165) is 5.92 Å². The minimum absolute atomic E-state index is 0.899. The normalized spacial score (nSPS) is 12.8. The van der Waals surface area contributed by atoms with E-state index < -0.39 is 0 Å². The van der Waals surface area contributed by atoms with Crippen LogP contribution < -0.4 is 0 Å². The second-order valence-corrected chi connectivity index (χ2v) is 3.37. The van der Waals surface area contributed by atoms with Crippen molar-refractivity contribution in [2.24, 2.45) is 5.92 Å². The molecule has 0 bridgehead atoms. The van der Waals surface area contributed by atoms with Crippen LogP contribution in [0.3, 0.4) is 0 Å². The van der Waals surface area contributed by atoms with E-state index in [9.17, 15) is 0 Å². The maximum atomic E-state index is 2.33. The van der Waals surface area contributed by atoms with Gasteiger partial charge in [-0.1, -0.05) is 31.9 Å². The van der Waals surface area contributed by atoms with Gasteiger partial charge in [-0.05, 0) is 32.6 Å². The molecule has 0 aliphatic heterocycles. The van der Waals surface area contributed by atoms with Gasteiger partial charge in [0.25, 0.3) is 0 Å². The molecule has 0 saturated carbocycles. The van der Waals surface area contributed by atoms with Gasteiger partial charge in [0.15, 0.2) is 0 Å². The van der Waals surface area contributed by atoms with Crippen LogP contribution in [0.5, 0.6) is 0 Å². The molecule has 0 aromatic rings. The lowest BCUT2D eigenvalue weighted by Crippen LogP contribution is -1.89. The third kappa shape index (κ3) is 5.87. The van der Waals surface area contributed by atoms with Crippen molar-refractivity contribution in [2.75, 3.05) is 0 Å². The van der Waals surface area contributed by atoms with Crippen LogP contribution in [0.25, 0.3) is 0 Å². The van der Waals surface area contributed by atoms with Gasteiger partial charge >= 0.3 is 0 Å². The van der Waals surface area contributed by atoms with Crippen LogP contribution in [0.1, 0.15) is 47.0 Å². The van der Waals surface area contributed by atoms with Crippen molar-refractivity contribution < 1.29 is 0 Å². The van der Waals surface area contributed by atoms with Crippen LogP contribution in [0.15, 0.2) is 11.6 Å². The quantitative estimate of drug-likeness (QED) is 0.521. The molecule has 0 aliphatic rings. The van der Waals surface area contributed by atoms with Crippen molar-refractivity contribution in [2.45, 2.75) is 47.0 Å². The Hall–Kier alpha value is -0.260. The minimum Gasteiger partial charge on any atom is -0.0859 e. The number of allylic oxidation sites excluding steroid dienone is 2. The summed E-state index contributed by atoms with van der Waals surface area (Å²) in [6, 6.07) is 0. The Kier molecular flexibility index (Phi) is 5.38. The van der Waals surface area contributed by atoms with Crippen molar-refractivity contribution in [3.63, 3.8) is 0 Å². The largest absolute Gasteiger partial charge is 0.0859 e. The first kappa shape index (κ1) is 9.74. The molecule has 1 atom stereocenters. The number of hydrogen-bond donors (Lipinski definition) is 0.